The van der Waals surface area contributed by atoms with Crippen molar-refractivity contribution in [3.8, 4) is 0 Å². The maximum Gasteiger partial charge on any atom is 0.303 e. The van der Waals surface area contributed by atoms with Gasteiger partial charge < -0.3 is 5.11 Å². The number of carboxylic acid groups (broad SMARTS) is 1. The lowest BCUT2D eigenvalue weighted by Gasteiger charge is -1.98. The summed E-state index contributed by atoms with van der Waals surface area (Å²) in [5.74, 6) is -0.756. The van der Waals surface area contributed by atoms with Gasteiger partial charge >= 0.3 is 5.97 Å². The number of carbonyl (C=O) groups is 1. The topological polar surface area (TPSA) is 37.3 Å². The number of hydrogen-bond donors (Lipinski definition) is 1. The Morgan fingerprint density at radius 2 is 1.88 bits per heavy atom. The monoisotopic (exact) mass is 226 g/mol. The van der Waals surface area contributed by atoms with Crippen molar-refractivity contribution < 1.29 is 9.90 Å². The Labute approximate surface area is 100 Å². The number of fused-ring (bicyclic) bond motifs is 1. The molecular weight excluding hydrogens is 212 g/mol. The second-order valence-electron chi connectivity index (χ2n) is 3.94. The van der Waals surface area contributed by atoms with Crippen LogP contribution >= 0.6 is 0 Å². The molecule has 1 N–H and O–H groups in total. The minimum Gasteiger partial charge on any atom is -0.481 e. The number of carboxylic acids is 1. The third-order valence-electron chi connectivity index (χ3n) is 2.61. The van der Waals surface area contributed by atoms with E-state index in [0.717, 1.165) is 5.56 Å². The lowest BCUT2D eigenvalue weighted by molar-refractivity contribution is -0.136. The van der Waals surface area contributed by atoms with Gasteiger partial charge in [-0.25, -0.2) is 0 Å². The molecule has 2 heteroatoms. The molecule has 0 aliphatic heterocycles. The van der Waals surface area contributed by atoms with Crippen molar-refractivity contribution in [2.24, 2.45) is 0 Å². The summed E-state index contributed by atoms with van der Waals surface area (Å²) >= 11 is 0. The third kappa shape index (κ3) is 3.18. The third-order valence-corrected chi connectivity index (χ3v) is 2.61. The lowest BCUT2D eigenvalue weighted by Crippen LogP contribution is -1.91. The average molecular weight is 226 g/mol. The van der Waals surface area contributed by atoms with Gasteiger partial charge in [0.05, 0.1) is 0 Å². The summed E-state index contributed by atoms with van der Waals surface area (Å²) in [4.78, 5) is 10.4. The maximum atomic E-state index is 10.4. The zero-order chi connectivity index (χ0) is 12.1. The first-order chi connectivity index (χ1) is 8.25. The predicted octanol–water partition coefficient (Wildman–Crippen LogP) is 3.72. The summed E-state index contributed by atoms with van der Waals surface area (Å²) in [5.41, 5.74) is 1.11. The minimum absolute atomic E-state index is 0.185. The van der Waals surface area contributed by atoms with E-state index in [4.69, 9.17) is 5.11 Å². The molecule has 0 radical (unpaired) electrons. The van der Waals surface area contributed by atoms with E-state index in [2.05, 4.69) is 24.3 Å². The van der Waals surface area contributed by atoms with Gasteiger partial charge in [-0.2, -0.15) is 0 Å². The van der Waals surface area contributed by atoms with Gasteiger partial charge in [-0.1, -0.05) is 48.6 Å². The van der Waals surface area contributed by atoms with E-state index in [1.165, 1.54) is 10.8 Å². The second-order valence-corrected chi connectivity index (χ2v) is 3.94. The summed E-state index contributed by atoms with van der Waals surface area (Å²) in [7, 11) is 0. The van der Waals surface area contributed by atoms with Crippen molar-refractivity contribution >= 4 is 22.8 Å². The quantitative estimate of drug-likeness (QED) is 0.862. The fourth-order valence-corrected chi connectivity index (χ4v) is 1.74. The number of rotatable bonds is 4. The van der Waals surface area contributed by atoms with Crippen LogP contribution in [0.5, 0.6) is 0 Å². The molecule has 2 rings (SSSR count). The van der Waals surface area contributed by atoms with Crippen molar-refractivity contribution in [2.45, 2.75) is 12.8 Å². The molecule has 0 aliphatic carbocycles. The van der Waals surface area contributed by atoms with E-state index in [1.54, 1.807) is 0 Å². The minimum atomic E-state index is -0.756. The number of benzene rings is 2. The average Bonchev–Trinajstić information content (AvgIpc) is 2.34. The van der Waals surface area contributed by atoms with Gasteiger partial charge in [0.15, 0.2) is 0 Å². The molecule has 0 unspecified atom stereocenters. The molecule has 86 valence electrons. The van der Waals surface area contributed by atoms with Crippen LogP contribution in [0.4, 0.5) is 0 Å². The van der Waals surface area contributed by atoms with Crippen LogP contribution in [0.25, 0.3) is 16.8 Å². The lowest BCUT2D eigenvalue weighted by atomic mass is 10.1. The molecule has 17 heavy (non-hydrogen) atoms. The van der Waals surface area contributed by atoms with Crippen molar-refractivity contribution in [3.05, 3.63) is 54.1 Å². The molecular formula is C15H14O2. The zero-order valence-corrected chi connectivity index (χ0v) is 9.47. The fraction of sp³-hybridized carbons (Fsp3) is 0.133. The van der Waals surface area contributed by atoms with Gasteiger partial charge in [0, 0.05) is 6.42 Å². The highest BCUT2D eigenvalue weighted by Crippen LogP contribution is 2.16. The normalized spacial score (nSPS) is 11.1. The Hall–Kier alpha value is -2.09. The SMILES string of the molecule is O=C(O)CC/C=C/c1ccc2ccccc2c1. The molecule has 0 saturated carbocycles. The fourth-order valence-electron chi connectivity index (χ4n) is 1.74. The van der Waals surface area contributed by atoms with Crippen molar-refractivity contribution in [1.82, 2.24) is 0 Å². The zero-order valence-electron chi connectivity index (χ0n) is 9.47. The Morgan fingerprint density at radius 1 is 1.12 bits per heavy atom. The highest BCUT2D eigenvalue weighted by atomic mass is 16.4. The van der Waals surface area contributed by atoms with Crippen molar-refractivity contribution in [1.29, 1.82) is 0 Å². The smallest absolute Gasteiger partial charge is 0.303 e. The first-order valence-corrected chi connectivity index (χ1v) is 5.63. The van der Waals surface area contributed by atoms with E-state index in [9.17, 15) is 4.79 Å². The largest absolute Gasteiger partial charge is 0.481 e. The van der Waals surface area contributed by atoms with Crippen molar-refractivity contribution in [2.75, 3.05) is 0 Å². The van der Waals surface area contributed by atoms with Crippen LogP contribution < -0.4 is 0 Å². The van der Waals surface area contributed by atoms with Crippen LogP contribution in [0.2, 0.25) is 0 Å². The number of aliphatic carboxylic acids is 1. The van der Waals surface area contributed by atoms with Crippen LogP contribution in [-0.4, -0.2) is 11.1 Å². The van der Waals surface area contributed by atoms with Gasteiger partial charge in [-0.15, -0.1) is 0 Å². The van der Waals surface area contributed by atoms with Gasteiger partial charge in [-0.05, 0) is 28.8 Å². The van der Waals surface area contributed by atoms with E-state index in [0.29, 0.717) is 6.42 Å². The molecule has 0 bridgehead atoms. The Balaban J connectivity index is 2.11. The van der Waals surface area contributed by atoms with Crippen LogP contribution in [-0.2, 0) is 4.79 Å². The first kappa shape index (κ1) is 11.4. The molecule has 2 aromatic carbocycles. The van der Waals surface area contributed by atoms with E-state index in [-0.39, 0.29) is 6.42 Å². The molecule has 0 aromatic heterocycles. The first-order valence-electron chi connectivity index (χ1n) is 5.63. The summed E-state index contributed by atoms with van der Waals surface area (Å²) in [6.45, 7) is 0. The highest BCUT2D eigenvalue weighted by Gasteiger charge is 1.94. The number of hydrogen-bond acceptors (Lipinski definition) is 1. The van der Waals surface area contributed by atoms with Gasteiger partial charge in [0.1, 0.15) is 0 Å². The van der Waals surface area contributed by atoms with Gasteiger partial charge in [0.25, 0.3) is 0 Å². The molecule has 0 heterocycles. The summed E-state index contributed by atoms with van der Waals surface area (Å²) in [6, 6.07) is 14.4. The summed E-state index contributed by atoms with van der Waals surface area (Å²) in [5, 5.41) is 10.9. The van der Waals surface area contributed by atoms with Crippen LogP contribution in [0.15, 0.2) is 48.5 Å². The van der Waals surface area contributed by atoms with Crippen LogP contribution in [0.1, 0.15) is 18.4 Å². The van der Waals surface area contributed by atoms with E-state index < -0.39 is 5.97 Å². The van der Waals surface area contributed by atoms with Crippen LogP contribution in [0.3, 0.4) is 0 Å². The van der Waals surface area contributed by atoms with Crippen molar-refractivity contribution in [3.63, 3.8) is 0 Å². The Bertz CT molecular complexity index is 556. The molecule has 2 aromatic rings. The molecule has 0 atom stereocenters. The van der Waals surface area contributed by atoms with E-state index in [1.807, 2.05) is 30.4 Å². The molecule has 0 saturated heterocycles. The van der Waals surface area contributed by atoms with Gasteiger partial charge in [-0.3, -0.25) is 4.79 Å². The van der Waals surface area contributed by atoms with Gasteiger partial charge in [0.2, 0.25) is 0 Å². The standard InChI is InChI=1S/C15H14O2/c16-15(17)8-4-1-5-12-9-10-13-6-2-3-7-14(13)11-12/h1-3,5-7,9-11H,4,8H2,(H,16,17)/b5-1+. The molecule has 0 spiro atoms. The maximum absolute atomic E-state index is 10.4. The Kier molecular flexibility index (Phi) is 3.55. The highest BCUT2D eigenvalue weighted by molar-refractivity contribution is 5.84. The Morgan fingerprint density at radius 3 is 2.65 bits per heavy atom. The van der Waals surface area contributed by atoms with E-state index >= 15 is 0 Å². The molecule has 0 fully saturated rings. The summed E-state index contributed by atoms with van der Waals surface area (Å²) in [6.07, 6.45) is 4.62. The number of allylic oxidation sites excluding steroid dienone is 1. The second kappa shape index (κ2) is 5.30. The summed E-state index contributed by atoms with van der Waals surface area (Å²) < 4.78 is 0. The predicted molar refractivity (Wildman–Crippen MR) is 69.9 cm³/mol. The van der Waals surface area contributed by atoms with Crippen LogP contribution in [0, 0.1) is 0 Å². The molecule has 0 amide bonds. The molecule has 2 nitrogen and oxygen atoms in total. The molecule has 0 aliphatic rings.